The summed E-state index contributed by atoms with van der Waals surface area (Å²) in [6.45, 7) is 10.1. The molecule has 90 valence electrons. The van der Waals surface area contributed by atoms with Crippen LogP contribution < -0.4 is 5.32 Å². The van der Waals surface area contributed by atoms with Gasteiger partial charge in [0.05, 0.1) is 6.20 Å². The quantitative estimate of drug-likeness (QED) is 0.802. The van der Waals surface area contributed by atoms with Crippen molar-refractivity contribution >= 4 is 0 Å². The van der Waals surface area contributed by atoms with E-state index >= 15 is 0 Å². The fourth-order valence-electron chi connectivity index (χ4n) is 2.38. The highest BCUT2D eigenvalue weighted by Gasteiger charge is 2.44. The van der Waals surface area contributed by atoms with Crippen LogP contribution in [0.15, 0.2) is 6.20 Å². The lowest BCUT2D eigenvalue weighted by Crippen LogP contribution is -2.29. The van der Waals surface area contributed by atoms with Crippen molar-refractivity contribution in [3.63, 3.8) is 0 Å². The minimum absolute atomic E-state index is 0.398. The number of aromatic amines is 1. The second-order valence-electron chi connectivity index (χ2n) is 5.57. The largest absolute Gasteiger partial charge is 0.310 e. The molecule has 0 aliphatic heterocycles. The third-order valence-corrected chi connectivity index (χ3v) is 4.21. The highest BCUT2D eigenvalue weighted by Crippen LogP contribution is 2.51. The molecule has 1 aromatic heterocycles. The summed E-state index contributed by atoms with van der Waals surface area (Å²) in [6, 6.07) is 0.398. The zero-order valence-electron chi connectivity index (χ0n) is 10.8. The van der Waals surface area contributed by atoms with E-state index < -0.39 is 0 Å². The predicted molar refractivity (Wildman–Crippen MR) is 66.2 cm³/mol. The zero-order valence-corrected chi connectivity index (χ0v) is 10.8. The fraction of sp³-hybridized carbons (Fsp3) is 0.769. The SMILES string of the molecule is Cc1[nH]ncc1C(C)NCC1(C(C)C)CC1. The maximum atomic E-state index is 4.07. The number of H-pyrrole nitrogens is 1. The molecule has 1 fully saturated rings. The van der Waals surface area contributed by atoms with Crippen molar-refractivity contribution in [3.8, 4) is 0 Å². The lowest BCUT2D eigenvalue weighted by molar-refractivity contribution is 0.325. The van der Waals surface area contributed by atoms with Crippen molar-refractivity contribution in [2.75, 3.05) is 6.54 Å². The number of nitrogens with one attached hydrogen (secondary N) is 2. The van der Waals surface area contributed by atoms with Gasteiger partial charge in [-0.05, 0) is 38.0 Å². The number of aryl methyl sites for hydroxylation is 1. The maximum absolute atomic E-state index is 4.07. The van der Waals surface area contributed by atoms with Gasteiger partial charge in [-0.15, -0.1) is 0 Å². The van der Waals surface area contributed by atoms with Gasteiger partial charge in [0.25, 0.3) is 0 Å². The van der Waals surface area contributed by atoms with E-state index in [-0.39, 0.29) is 0 Å². The van der Waals surface area contributed by atoms with Crippen LogP contribution in [0.4, 0.5) is 0 Å². The first-order valence-electron chi connectivity index (χ1n) is 6.28. The van der Waals surface area contributed by atoms with Crippen molar-refractivity contribution in [2.24, 2.45) is 11.3 Å². The molecular formula is C13H23N3. The topological polar surface area (TPSA) is 40.7 Å². The van der Waals surface area contributed by atoms with Crippen LogP contribution in [0.5, 0.6) is 0 Å². The molecule has 0 saturated heterocycles. The summed E-state index contributed by atoms with van der Waals surface area (Å²) in [5.74, 6) is 0.789. The Hall–Kier alpha value is -0.830. The number of hydrogen-bond acceptors (Lipinski definition) is 2. The van der Waals surface area contributed by atoms with Gasteiger partial charge in [-0.1, -0.05) is 13.8 Å². The van der Waals surface area contributed by atoms with Gasteiger partial charge in [0.15, 0.2) is 0 Å². The Bertz CT molecular complexity index is 350. The Morgan fingerprint density at radius 2 is 2.12 bits per heavy atom. The van der Waals surface area contributed by atoms with Gasteiger partial charge >= 0.3 is 0 Å². The minimum Gasteiger partial charge on any atom is -0.310 e. The standard InChI is InChI=1S/C13H23N3/c1-9(2)13(5-6-13)8-14-10(3)12-7-15-16-11(12)4/h7,9-10,14H,5-6,8H2,1-4H3,(H,15,16). The van der Waals surface area contributed by atoms with Gasteiger partial charge in [0.2, 0.25) is 0 Å². The Kier molecular flexibility index (Phi) is 3.06. The molecule has 1 aliphatic carbocycles. The average molecular weight is 221 g/mol. The molecule has 0 radical (unpaired) electrons. The molecule has 1 heterocycles. The number of nitrogens with zero attached hydrogens (tertiary/aromatic N) is 1. The van der Waals surface area contributed by atoms with Crippen molar-refractivity contribution < 1.29 is 0 Å². The molecule has 1 atom stereocenters. The first-order chi connectivity index (χ1) is 7.55. The molecular weight excluding hydrogens is 198 g/mol. The molecule has 1 aliphatic rings. The lowest BCUT2D eigenvalue weighted by Gasteiger charge is -2.23. The fourth-order valence-corrected chi connectivity index (χ4v) is 2.38. The molecule has 0 aromatic carbocycles. The normalized spacial score (nSPS) is 20.1. The highest BCUT2D eigenvalue weighted by molar-refractivity contribution is 5.18. The van der Waals surface area contributed by atoms with E-state index in [2.05, 4.69) is 43.2 Å². The van der Waals surface area contributed by atoms with Gasteiger partial charge in [0.1, 0.15) is 0 Å². The Morgan fingerprint density at radius 1 is 1.44 bits per heavy atom. The van der Waals surface area contributed by atoms with E-state index in [4.69, 9.17) is 0 Å². The molecule has 1 saturated carbocycles. The molecule has 0 amide bonds. The van der Waals surface area contributed by atoms with Gasteiger partial charge in [-0.25, -0.2) is 0 Å². The van der Waals surface area contributed by atoms with Crippen molar-refractivity contribution in [1.29, 1.82) is 0 Å². The highest BCUT2D eigenvalue weighted by atomic mass is 15.1. The summed E-state index contributed by atoms with van der Waals surface area (Å²) in [5, 5.41) is 10.7. The lowest BCUT2D eigenvalue weighted by atomic mass is 9.92. The summed E-state index contributed by atoms with van der Waals surface area (Å²) >= 11 is 0. The van der Waals surface area contributed by atoms with Crippen LogP contribution in [0.1, 0.15) is 50.9 Å². The molecule has 3 nitrogen and oxygen atoms in total. The predicted octanol–water partition coefficient (Wildman–Crippen LogP) is 2.80. The van der Waals surface area contributed by atoms with Crippen LogP contribution in [0.3, 0.4) is 0 Å². The van der Waals surface area contributed by atoms with Crippen LogP contribution >= 0.6 is 0 Å². The van der Waals surface area contributed by atoms with Crippen LogP contribution in [-0.4, -0.2) is 16.7 Å². The van der Waals surface area contributed by atoms with Crippen LogP contribution in [0.25, 0.3) is 0 Å². The molecule has 3 heteroatoms. The van der Waals surface area contributed by atoms with E-state index in [0.29, 0.717) is 11.5 Å². The molecule has 2 N–H and O–H groups in total. The first-order valence-corrected chi connectivity index (χ1v) is 6.28. The Balaban J connectivity index is 1.89. The van der Waals surface area contributed by atoms with Gasteiger partial charge < -0.3 is 5.32 Å². The monoisotopic (exact) mass is 221 g/mol. The summed E-state index contributed by atoms with van der Waals surface area (Å²) in [5.41, 5.74) is 3.04. The van der Waals surface area contributed by atoms with Crippen molar-refractivity contribution in [1.82, 2.24) is 15.5 Å². The summed E-state index contributed by atoms with van der Waals surface area (Å²) < 4.78 is 0. The third-order valence-electron chi connectivity index (χ3n) is 4.21. The number of rotatable bonds is 5. The van der Waals surface area contributed by atoms with Crippen LogP contribution in [-0.2, 0) is 0 Å². The second kappa shape index (κ2) is 4.21. The van der Waals surface area contributed by atoms with Crippen LogP contribution in [0, 0.1) is 18.3 Å². The van der Waals surface area contributed by atoms with E-state index in [1.807, 2.05) is 6.20 Å². The average Bonchev–Trinajstić information content (AvgIpc) is 2.92. The molecule has 0 bridgehead atoms. The smallest absolute Gasteiger partial charge is 0.0537 e. The third kappa shape index (κ3) is 2.14. The molecule has 1 aromatic rings. The Labute approximate surface area is 98.0 Å². The van der Waals surface area contributed by atoms with Crippen molar-refractivity contribution in [2.45, 2.75) is 46.6 Å². The number of hydrogen-bond donors (Lipinski definition) is 2. The zero-order chi connectivity index (χ0) is 11.8. The van der Waals surface area contributed by atoms with E-state index in [1.165, 1.54) is 24.1 Å². The molecule has 0 spiro atoms. The molecule has 1 unspecified atom stereocenters. The minimum atomic E-state index is 0.398. The maximum Gasteiger partial charge on any atom is 0.0537 e. The van der Waals surface area contributed by atoms with E-state index in [9.17, 15) is 0 Å². The van der Waals surface area contributed by atoms with E-state index in [0.717, 1.165) is 12.5 Å². The van der Waals surface area contributed by atoms with E-state index in [1.54, 1.807) is 0 Å². The van der Waals surface area contributed by atoms with Gasteiger partial charge in [-0.3, -0.25) is 5.10 Å². The molecule has 2 rings (SSSR count). The van der Waals surface area contributed by atoms with Crippen molar-refractivity contribution in [3.05, 3.63) is 17.5 Å². The summed E-state index contributed by atoms with van der Waals surface area (Å²) in [4.78, 5) is 0. The van der Waals surface area contributed by atoms with Crippen LogP contribution in [0.2, 0.25) is 0 Å². The Morgan fingerprint density at radius 3 is 2.56 bits per heavy atom. The summed E-state index contributed by atoms with van der Waals surface area (Å²) in [7, 11) is 0. The van der Waals surface area contributed by atoms with Gasteiger partial charge in [-0.2, -0.15) is 5.10 Å². The first kappa shape index (κ1) is 11.6. The molecule has 16 heavy (non-hydrogen) atoms. The summed E-state index contributed by atoms with van der Waals surface area (Å²) in [6.07, 6.45) is 4.70. The second-order valence-corrected chi connectivity index (χ2v) is 5.57. The van der Waals surface area contributed by atoms with Gasteiger partial charge in [0, 0.05) is 23.8 Å². The number of aromatic nitrogens is 2.